The van der Waals surface area contributed by atoms with E-state index >= 15 is 0 Å². The highest BCUT2D eigenvalue weighted by molar-refractivity contribution is 9.10. The molecule has 2 N–H and O–H groups in total. The minimum absolute atomic E-state index is 0.0848. The van der Waals surface area contributed by atoms with Crippen LogP contribution in [0.5, 0.6) is 5.75 Å². The van der Waals surface area contributed by atoms with Crippen LogP contribution >= 0.6 is 27.5 Å². The predicted molar refractivity (Wildman–Crippen MR) is 99.1 cm³/mol. The standard InChI is InChI=1S/C18H14BrClN2O3/c1-10-2-4-11(5-3-10)9-22-17(24)15(21-18(22)25)7-12-6-13(19)8-14(20)16(12)23/h2-8,23H,9H2,1H3,(H,21,25)/b15-7-. The summed E-state index contributed by atoms with van der Waals surface area (Å²) >= 11 is 9.20. The molecular formula is C18H14BrClN2O3. The summed E-state index contributed by atoms with van der Waals surface area (Å²) in [6.45, 7) is 2.14. The number of benzene rings is 2. The maximum atomic E-state index is 12.5. The summed E-state index contributed by atoms with van der Waals surface area (Å²) in [6, 6.07) is 10.2. The van der Waals surface area contributed by atoms with E-state index in [1.807, 2.05) is 31.2 Å². The third-order valence-electron chi connectivity index (χ3n) is 3.78. The van der Waals surface area contributed by atoms with Crippen LogP contribution in [-0.4, -0.2) is 21.9 Å². The molecule has 3 rings (SSSR count). The Hall–Kier alpha value is -2.31. The van der Waals surface area contributed by atoms with Crippen LogP contribution in [0.25, 0.3) is 6.08 Å². The third kappa shape index (κ3) is 3.70. The van der Waals surface area contributed by atoms with Crippen molar-refractivity contribution in [2.45, 2.75) is 13.5 Å². The van der Waals surface area contributed by atoms with Crippen molar-refractivity contribution in [2.24, 2.45) is 0 Å². The summed E-state index contributed by atoms with van der Waals surface area (Å²) < 4.78 is 0.649. The largest absolute Gasteiger partial charge is 0.506 e. The molecule has 7 heteroatoms. The minimum Gasteiger partial charge on any atom is -0.506 e. The highest BCUT2D eigenvalue weighted by Crippen LogP contribution is 2.33. The second kappa shape index (κ2) is 6.90. The van der Waals surface area contributed by atoms with Crippen LogP contribution in [0.15, 0.2) is 46.6 Å². The van der Waals surface area contributed by atoms with Gasteiger partial charge in [-0.05, 0) is 30.7 Å². The molecule has 0 aliphatic carbocycles. The van der Waals surface area contributed by atoms with Gasteiger partial charge in [-0.1, -0.05) is 57.4 Å². The summed E-state index contributed by atoms with van der Waals surface area (Å²) in [4.78, 5) is 25.8. The van der Waals surface area contributed by atoms with Crippen LogP contribution in [0.1, 0.15) is 16.7 Å². The number of phenolic OH excluding ortho intramolecular Hbond substituents is 1. The van der Waals surface area contributed by atoms with Gasteiger partial charge >= 0.3 is 6.03 Å². The molecule has 0 bridgehead atoms. The van der Waals surface area contributed by atoms with E-state index in [0.29, 0.717) is 10.0 Å². The Morgan fingerprint density at radius 3 is 2.60 bits per heavy atom. The smallest absolute Gasteiger partial charge is 0.329 e. The molecule has 0 spiro atoms. The summed E-state index contributed by atoms with van der Waals surface area (Å²) in [5.74, 6) is -0.613. The number of hydrogen-bond donors (Lipinski definition) is 2. The first kappa shape index (κ1) is 17.5. The molecule has 0 saturated carbocycles. The average Bonchev–Trinajstić information content (AvgIpc) is 2.81. The number of aromatic hydroxyl groups is 1. The number of carbonyl (C=O) groups excluding carboxylic acids is 2. The lowest BCUT2D eigenvalue weighted by atomic mass is 10.1. The van der Waals surface area contributed by atoms with E-state index in [2.05, 4.69) is 21.2 Å². The number of rotatable bonds is 3. The Balaban J connectivity index is 1.87. The Labute approximate surface area is 158 Å². The lowest BCUT2D eigenvalue weighted by molar-refractivity contribution is -0.123. The predicted octanol–water partition coefficient (Wildman–Crippen LogP) is 4.21. The van der Waals surface area contributed by atoms with Crippen molar-refractivity contribution in [3.63, 3.8) is 0 Å². The van der Waals surface area contributed by atoms with E-state index in [-0.39, 0.29) is 23.0 Å². The number of carbonyl (C=O) groups is 2. The number of halogens is 2. The quantitative estimate of drug-likeness (QED) is 0.576. The normalized spacial score (nSPS) is 15.8. The molecule has 25 heavy (non-hydrogen) atoms. The second-order valence-electron chi connectivity index (χ2n) is 5.69. The van der Waals surface area contributed by atoms with Gasteiger partial charge in [-0.2, -0.15) is 0 Å². The SMILES string of the molecule is Cc1ccc(CN2C(=O)N/C(=C\c3cc(Br)cc(Cl)c3O)C2=O)cc1. The Bertz CT molecular complexity index is 894. The summed E-state index contributed by atoms with van der Waals surface area (Å²) in [5, 5.41) is 12.7. The molecular weight excluding hydrogens is 408 g/mol. The Morgan fingerprint density at radius 1 is 1.24 bits per heavy atom. The third-order valence-corrected chi connectivity index (χ3v) is 4.53. The zero-order valence-corrected chi connectivity index (χ0v) is 15.6. The molecule has 0 aromatic heterocycles. The van der Waals surface area contributed by atoms with Gasteiger partial charge in [0.2, 0.25) is 0 Å². The van der Waals surface area contributed by atoms with E-state index in [0.717, 1.165) is 16.0 Å². The molecule has 0 atom stereocenters. The van der Waals surface area contributed by atoms with Crippen LogP contribution in [-0.2, 0) is 11.3 Å². The summed E-state index contributed by atoms with van der Waals surface area (Å²) in [7, 11) is 0. The van der Waals surface area contributed by atoms with Crippen molar-refractivity contribution in [1.29, 1.82) is 0 Å². The van der Waals surface area contributed by atoms with Crippen molar-refractivity contribution in [3.05, 3.63) is 68.3 Å². The number of phenols is 1. The first-order valence-corrected chi connectivity index (χ1v) is 8.60. The molecule has 0 unspecified atom stereocenters. The molecule has 128 valence electrons. The first-order chi connectivity index (χ1) is 11.8. The fourth-order valence-electron chi connectivity index (χ4n) is 2.44. The van der Waals surface area contributed by atoms with Gasteiger partial charge in [-0.3, -0.25) is 9.69 Å². The van der Waals surface area contributed by atoms with E-state index in [9.17, 15) is 14.7 Å². The van der Waals surface area contributed by atoms with Gasteiger partial charge in [0.25, 0.3) is 5.91 Å². The molecule has 3 amide bonds. The maximum absolute atomic E-state index is 12.5. The molecule has 1 aliphatic heterocycles. The van der Waals surface area contributed by atoms with Gasteiger partial charge in [0.05, 0.1) is 11.6 Å². The first-order valence-electron chi connectivity index (χ1n) is 7.43. The fourth-order valence-corrected chi connectivity index (χ4v) is 3.28. The highest BCUT2D eigenvalue weighted by Gasteiger charge is 2.33. The van der Waals surface area contributed by atoms with Crippen molar-refractivity contribution in [1.82, 2.24) is 10.2 Å². The summed E-state index contributed by atoms with van der Waals surface area (Å²) in [6.07, 6.45) is 1.40. The molecule has 1 aliphatic rings. The van der Waals surface area contributed by atoms with Gasteiger partial charge < -0.3 is 10.4 Å². The van der Waals surface area contributed by atoms with E-state index in [4.69, 9.17) is 11.6 Å². The Morgan fingerprint density at radius 2 is 1.92 bits per heavy atom. The zero-order valence-electron chi connectivity index (χ0n) is 13.2. The number of nitrogens with one attached hydrogen (secondary N) is 1. The number of nitrogens with zero attached hydrogens (tertiary/aromatic N) is 1. The van der Waals surface area contributed by atoms with Crippen molar-refractivity contribution >= 4 is 45.5 Å². The summed E-state index contributed by atoms with van der Waals surface area (Å²) in [5.41, 5.74) is 2.37. The minimum atomic E-state index is -0.502. The molecule has 1 saturated heterocycles. The topological polar surface area (TPSA) is 69.6 Å². The lowest BCUT2D eigenvalue weighted by Gasteiger charge is -2.11. The number of aryl methyl sites for hydroxylation is 1. The monoisotopic (exact) mass is 420 g/mol. The number of amides is 3. The van der Waals surface area contributed by atoms with Gasteiger partial charge in [-0.25, -0.2) is 4.79 Å². The maximum Gasteiger partial charge on any atom is 0.329 e. The Kier molecular flexibility index (Phi) is 4.83. The molecule has 2 aromatic carbocycles. The van der Waals surface area contributed by atoms with E-state index < -0.39 is 11.9 Å². The van der Waals surface area contributed by atoms with Crippen molar-refractivity contribution < 1.29 is 14.7 Å². The van der Waals surface area contributed by atoms with E-state index in [1.165, 1.54) is 12.1 Å². The van der Waals surface area contributed by atoms with Gasteiger partial charge in [0.15, 0.2) is 0 Å². The molecule has 2 aromatic rings. The number of urea groups is 1. The van der Waals surface area contributed by atoms with Gasteiger partial charge in [0, 0.05) is 10.0 Å². The lowest BCUT2D eigenvalue weighted by Crippen LogP contribution is -2.30. The zero-order chi connectivity index (χ0) is 18.1. The van der Waals surface area contributed by atoms with E-state index in [1.54, 1.807) is 6.07 Å². The van der Waals surface area contributed by atoms with Crippen LogP contribution in [0.3, 0.4) is 0 Å². The van der Waals surface area contributed by atoms with Gasteiger partial charge in [0.1, 0.15) is 11.4 Å². The number of imide groups is 1. The molecule has 1 heterocycles. The molecule has 0 radical (unpaired) electrons. The van der Waals surface area contributed by atoms with Crippen molar-refractivity contribution in [3.8, 4) is 5.75 Å². The highest BCUT2D eigenvalue weighted by atomic mass is 79.9. The van der Waals surface area contributed by atoms with Gasteiger partial charge in [-0.15, -0.1) is 0 Å². The molecule has 1 fully saturated rings. The average molecular weight is 422 g/mol. The van der Waals surface area contributed by atoms with Crippen LogP contribution < -0.4 is 5.32 Å². The van der Waals surface area contributed by atoms with Crippen LogP contribution in [0.2, 0.25) is 5.02 Å². The van der Waals surface area contributed by atoms with Crippen LogP contribution in [0.4, 0.5) is 4.79 Å². The fraction of sp³-hybridized carbons (Fsp3) is 0.111. The second-order valence-corrected chi connectivity index (χ2v) is 7.01. The van der Waals surface area contributed by atoms with Crippen LogP contribution in [0, 0.1) is 6.92 Å². The number of hydrogen-bond acceptors (Lipinski definition) is 3. The van der Waals surface area contributed by atoms with Crippen molar-refractivity contribution in [2.75, 3.05) is 0 Å². The molecule has 5 nitrogen and oxygen atoms in total.